The molecule has 1 aromatic heterocycles. The molecular weight excluding hydrogens is 310 g/mol. The Hall–Kier alpha value is -1.42. The summed E-state index contributed by atoms with van der Waals surface area (Å²) in [7, 11) is 0. The number of aromatic nitrogens is 1. The van der Waals surface area contributed by atoms with E-state index in [1.807, 2.05) is 18.2 Å². The number of pyridine rings is 1. The number of hydrogen-bond donors (Lipinski definition) is 1. The maximum Gasteiger partial charge on any atom is 0.230 e. The van der Waals surface area contributed by atoms with Crippen LogP contribution in [0.2, 0.25) is 0 Å². The number of amides is 1. The lowest BCUT2D eigenvalue weighted by Crippen LogP contribution is -2.51. The van der Waals surface area contributed by atoms with E-state index in [4.69, 9.17) is 5.73 Å². The monoisotopic (exact) mass is 345 g/mol. The Kier molecular flexibility index (Phi) is 7.00. The van der Waals surface area contributed by atoms with Crippen molar-refractivity contribution in [1.29, 1.82) is 0 Å². The highest BCUT2D eigenvalue weighted by Crippen LogP contribution is 2.43. The van der Waals surface area contributed by atoms with Gasteiger partial charge in [-0.15, -0.1) is 0 Å². The Balaban J connectivity index is 2.38. The molecule has 0 saturated heterocycles. The van der Waals surface area contributed by atoms with Crippen LogP contribution in [0.5, 0.6) is 0 Å². The summed E-state index contributed by atoms with van der Waals surface area (Å²) in [5.41, 5.74) is 6.29. The second kappa shape index (κ2) is 8.79. The number of rotatable bonds is 8. The molecule has 4 heteroatoms. The van der Waals surface area contributed by atoms with Crippen molar-refractivity contribution in [1.82, 2.24) is 9.88 Å². The standard InChI is InChI=1S/C21H35N3O/c1-16(2)24(17(3)4)15-13-21(20(22)25,18-10-6-5-7-11-18)19-12-8-9-14-23-19/h8-9,12,14,16-18H,5-7,10-11,13,15H2,1-4H3,(H2,22,25). The zero-order chi connectivity index (χ0) is 18.4. The third-order valence-corrected chi connectivity index (χ3v) is 5.95. The van der Waals surface area contributed by atoms with E-state index in [2.05, 4.69) is 37.6 Å². The van der Waals surface area contributed by atoms with Crippen LogP contribution in [0.15, 0.2) is 24.4 Å². The van der Waals surface area contributed by atoms with E-state index in [1.54, 1.807) is 6.20 Å². The van der Waals surface area contributed by atoms with Gasteiger partial charge < -0.3 is 5.73 Å². The highest BCUT2D eigenvalue weighted by Gasteiger charge is 2.47. The summed E-state index contributed by atoms with van der Waals surface area (Å²) >= 11 is 0. The zero-order valence-electron chi connectivity index (χ0n) is 16.4. The first-order valence-electron chi connectivity index (χ1n) is 9.86. The lowest BCUT2D eigenvalue weighted by atomic mass is 9.64. The topological polar surface area (TPSA) is 59.2 Å². The van der Waals surface area contributed by atoms with Gasteiger partial charge in [-0.1, -0.05) is 25.3 Å². The van der Waals surface area contributed by atoms with Crippen molar-refractivity contribution in [2.45, 2.75) is 83.7 Å². The fourth-order valence-electron chi connectivity index (χ4n) is 4.63. The van der Waals surface area contributed by atoms with E-state index < -0.39 is 5.41 Å². The minimum atomic E-state index is -0.649. The van der Waals surface area contributed by atoms with E-state index in [0.717, 1.165) is 31.5 Å². The van der Waals surface area contributed by atoms with Crippen LogP contribution in [0.3, 0.4) is 0 Å². The molecule has 0 bridgehead atoms. The second-order valence-electron chi connectivity index (χ2n) is 8.06. The Morgan fingerprint density at radius 3 is 2.32 bits per heavy atom. The summed E-state index contributed by atoms with van der Waals surface area (Å²) < 4.78 is 0. The number of hydrogen-bond acceptors (Lipinski definition) is 3. The third kappa shape index (κ3) is 4.41. The molecule has 1 aromatic rings. The average molecular weight is 346 g/mol. The molecule has 0 radical (unpaired) electrons. The molecule has 1 fully saturated rings. The second-order valence-corrected chi connectivity index (χ2v) is 8.06. The molecule has 0 spiro atoms. The first kappa shape index (κ1) is 19.9. The van der Waals surface area contributed by atoms with E-state index in [0.29, 0.717) is 18.0 Å². The third-order valence-electron chi connectivity index (χ3n) is 5.95. The first-order valence-corrected chi connectivity index (χ1v) is 9.86. The fraction of sp³-hybridized carbons (Fsp3) is 0.714. The predicted octanol–water partition coefficient (Wildman–Crippen LogP) is 3.89. The van der Waals surface area contributed by atoms with E-state index in [-0.39, 0.29) is 5.91 Å². The SMILES string of the molecule is CC(C)N(CCC(C(N)=O)(c1ccccn1)C1CCCCC1)C(C)C. The maximum atomic E-state index is 12.8. The van der Waals surface area contributed by atoms with Crippen molar-refractivity contribution in [2.75, 3.05) is 6.54 Å². The summed E-state index contributed by atoms with van der Waals surface area (Å²) in [6.45, 7) is 9.73. The molecule has 1 aliphatic rings. The average Bonchev–Trinajstić information content (AvgIpc) is 2.59. The molecule has 0 aliphatic heterocycles. The van der Waals surface area contributed by atoms with Crippen molar-refractivity contribution in [3.8, 4) is 0 Å². The predicted molar refractivity (Wildman–Crippen MR) is 103 cm³/mol. The normalized spacial score (nSPS) is 18.7. The Labute approximate surface area is 153 Å². The largest absolute Gasteiger partial charge is 0.369 e. The molecule has 1 unspecified atom stereocenters. The molecule has 0 aromatic carbocycles. The van der Waals surface area contributed by atoms with E-state index >= 15 is 0 Å². The van der Waals surface area contributed by atoms with Crippen LogP contribution in [0.25, 0.3) is 0 Å². The summed E-state index contributed by atoms with van der Waals surface area (Å²) in [4.78, 5) is 19.9. The minimum Gasteiger partial charge on any atom is -0.369 e. The summed E-state index contributed by atoms with van der Waals surface area (Å²) in [6, 6.07) is 6.77. The van der Waals surface area contributed by atoms with Crippen LogP contribution in [-0.4, -0.2) is 34.4 Å². The zero-order valence-corrected chi connectivity index (χ0v) is 16.4. The number of primary amides is 1. The van der Waals surface area contributed by atoms with Gasteiger partial charge in [-0.2, -0.15) is 0 Å². The molecule has 1 heterocycles. The van der Waals surface area contributed by atoms with Crippen LogP contribution < -0.4 is 5.73 Å². The number of nitrogens with two attached hydrogens (primary N) is 1. The molecule has 1 amide bonds. The van der Waals surface area contributed by atoms with Crippen molar-refractivity contribution in [2.24, 2.45) is 11.7 Å². The Morgan fingerprint density at radius 2 is 1.84 bits per heavy atom. The molecule has 140 valence electrons. The van der Waals surface area contributed by atoms with Crippen molar-refractivity contribution in [3.05, 3.63) is 30.1 Å². The summed E-state index contributed by atoms with van der Waals surface area (Å²) in [5, 5.41) is 0. The molecule has 1 saturated carbocycles. The minimum absolute atomic E-state index is 0.203. The van der Waals surface area contributed by atoms with Gasteiger partial charge in [-0.25, -0.2) is 0 Å². The maximum absolute atomic E-state index is 12.8. The number of carbonyl (C=O) groups is 1. The van der Waals surface area contributed by atoms with Gasteiger partial charge in [0, 0.05) is 24.8 Å². The van der Waals surface area contributed by atoms with Crippen molar-refractivity contribution >= 4 is 5.91 Å². The van der Waals surface area contributed by atoms with Gasteiger partial charge in [-0.05, 0) is 65.0 Å². The molecule has 1 aliphatic carbocycles. The van der Waals surface area contributed by atoms with Gasteiger partial charge in [0.15, 0.2) is 0 Å². The number of nitrogens with zero attached hydrogens (tertiary/aromatic N) is 2. The van der Waals surface area contributed by atoms with Crippen molar-refractivity contribution in [3.63, 3.8) is 0 Å². The quantitative estimate of drug-likeness (QED) is 0.777. The van der Waals surface area contributed by atoms with Gasteiger partial charge in [0.05, 0.1) is 11.1 Å². The van der Waals surface area contributed by atoms with E-state index in [9.17, 15) is 4.79 Å². The summed E-state index contributed by atoms with van der Waals surface area (Å²) in [5.74, 6) is 0.0976. The molecule has 2 N–H and O–H groups in total. The molecule has 4 nitrogen and oxygen atoms in total. The molecular formula is C21H35N3O. The van der Waals surface area contributed by atoms with E-state index in [1.165, 1.54) is 19.3 Å². The highest BCUT2D eigenvalue weighted by atomic mass is 16.1. The van der Waals surface area contributed by atoms with Crippen LogP contribution in [-0.2, 0) is 10.2 Å². The first-order chi connectivity index (χ1) is 11.9. The lowest BCUT2D eigenvalue weighted by molar-refractivity contribution is -0.127. The molecule has 25 heavy (non-hydrogen) atoms. The van der Waals surface area contributed by atoms with Gasteiger partial charge in [-0.3, -0.25) is 14.7 Å². The van der Waals surface area contributed by atoms with Gasteiger partial charge >= 0.3 is 0 Å². The van der Waals surface area contributed by atoms with Crippen LogP contribution in [0.1, 0.15) is 71.9 Å². The van der Waals surface area contributed by atoms with Gasteiger partial charge in [0.1, 0.15) is 0 Å². The Morgan fingerprint density at radius 1 is 1.20 bits per heavy atom. The highest BCUT2D eigenvalue weighted by molar-refractivity contribution is 5.86. The molecule has 2 rings (SSSR count). The lowest BCUT2D eigenvalue weighted by Gasteiger charge is -2.42. The van der Waals surface area contributed by atoms with Crippen LogP contribution in [0, 0.1) is 5.92 Å². The van der Waals surface area contributed by atoms with Crippen molar-refractivity contribution < 1.29 is 4.79 Å². The summed E-state index contributed by atoms with van der Waals surface area (Å²) in [6.07, 6.45) is 8.32. The van der Waals surface area contributed by atoms with Gasteiger partial charge in [0.2, 0.25) is 5.91 Å². The van der Waals surface area contributed by atoms with Gasteiger partial charge in [0.25, 0.3) is 0 Å². The smallest absolute Gasteiger partial charge is 0.230 e. The fourth-order valence-corrected chi connectivity index (χ4v) is 4.63. The van der Waals surface area contributed by atoms with Crippen LogP contribution in [0.4, 0.5) is 0 Å². The Bertz CT molecular complexity index is 529. The molecule has 1 atom stereocenters. The number of carbonyl (C=O) groups excluding carboxylic acids is 1. The van der Waals surface area contributed by atoms with Crippen LogP contribution >= 0.6 is 0 Å².